The Balaban J connectivity index is 2.18. The average Bonchev–Trinajstić information content (AvgIpc) is 3.11. The van der Waals surface area contributed by atoms with Gasteiger partial charge in [0.25, 0.3) is 5.69 Å². The molecule has 0 aliphatic heterocycles. The molecule has 9 nitrogen and oxygen atoms in total. The number of nitrogens with one attached hydrogen (secondary N) is 1. The highest BCUT2D eigenvalue weighted by Crippen LogP contribution is 2.30. The van der Waals surface area contributed by atoms with E-state index in [0.717, 1.165) is 35.3 Å². The molecular weight excluding hydrogens is 414 g/mol. The second-order valence-electron chi connectivity index (χ2n) is 6.35. The van der Waals surface area contributed by atoms with Gasteiger partial charge in [0.2, 0.25) is 20.0 Å². The standard InChI is InChI=1S/C15H23N3O6S3/c1-17(2)27(23,24)13-7-8-15(14(11-13)18(19)20)26(21,22)16-9-10-25-12-5-3-4-6-12/h7-8,11-12,16H,3-6,9-10H2,1-2H3. The molecule has 0 heterocycles. The number of sulfonamides is 2. The van der Waals surface area contributed by atoms with Crippen LogP contribution in [0.2, 0.25) is 0 Å². The lowest BCUT2D eigenvalue weighted by Crippen LogP contribution is -2.27. The monoisotopic (exact) mass is 437 g/mol. The van der Waals surface area contributed by atoms with Gasteiger partial charge in [0, 0.05) is 37.7 Å². The number of thioether (sulfide) groups is 1. The first-order valence-electron chi connectivity index (χ1n) is 8.38. The maximum absolute atomic E-state index is 12.5. The summed E-state index contributed by atoms with van der Waals surface area (Å²) in [7, 11) is -5.47. The minimum absolute atomic E-state index is 0.151. The Morgan fingerprint density at radius 1 is 1.22 bits per heavy atom. The van der Waals surface area contributed by atoms with Crippen LogP contribution in [0, 0.1) is 10.1 Å². The van der Waals surface area contributed by atoms with E-state index >= 15 is 0 Å². The first kappa shape index (κ1) is 22.1. The minimum atomic E-state index is -4.13. The van der Waals surface area contributed by atoms with Gasteiger partial charge in [-0.3, -0.25) is 10.1 Å². The molecule has 1 N–H and O–H groups in total. The van der Waals surface area contributed by atoms with Crippen molar-refractivity contribution in [3.63, 3.8) is 0 Å². The fourth-order valence-electron chi connectivity index (χ4n) is 2.77. The molecule has 1 fully saturated rings. The Labute approximate surface area is 163 Å². The van der Waals surface area contributed by atoms with Crippen molar-refractivity contribution in [3.05, 3.63) is 28.3 Å². The number of rotatable bonds is 9. The van der Waals surface area contributed by atoms with E-state index in [2.05, 4.69) is 4.72 Å². The third-order valence-corrected chi connectivity index (χ3v) is 8.95. The summed E-state index contributed by atoms with van der Waals surface area (Å²) in [5.74, 6) is 0.574. The first-order chi connectivity index (χ1) is 12.6. The Bertz CT molecular complexity index is 893. The van der Waals surface area contributed by atoms with Gasteiger partial charge < -0.3 is 0 Å². The summed E-state index contributed by atoms with van der Waals surface area (Å²) in [6.07, 6.45) is 4.64. The summed E-state index contributed by atoms with van der Waals surface area (Å²) in [6.45, 7) is 0.151. The second-order valence-corrected chi connectivity index (χ2v) is 11.6. The average molecular weight is 438 g/mol. The maximum atomic E-state index is 12.5. The maximum Gasteiger partial charge on any atom is 0.290 e. The normalized spacial score (nSPS) is 16.1. The molecule has 0 spiro atoms. The summed E-state index contributed by atoms with van der Waals surface area (Å²) in [5.41, 5.74) is -0.770. The van der Waals surface area contributed by atoms with Gasteiger partial charge in [-0.25, -0.2) is 25.9 Å². The SMILES string of the molecule is CN(C)S(=O)(=O)c1ccc(S(=O)(=O)NCCSC2CCCC2)c([N+](=O)[O-])c1. The van der Waals surface area contributed by atoms with Gasteiger partial charge in [0.15, 0.2) is 4.90 Å². The number of nitrogens with zero attached hydrogens (tertiary/aromatic N) is 2. The summed E-state index contributed by atoms with van der Waals surface area (Å²) in [5, 5.41) is 11.9. The van der Waals surface area contributed by atoms with E-state index in [1.807, 2.05) is 0 Å². The molecule has 0 atom stereocenters. The van der Waals surface area contributed by atoms with Crippen LogP contribution in [0.15, 0.2) is 28.0 Å². The van der Waals surface area contributed by atoms with Crippen LogP contribution >= 0.6 is 11.8 Å². The van der Waals surface area contributed by atoms with Crippen LogP contribution in [0.4, 0.5) is 5.69 Å². The number of benzene rings is 1. The van der Waals surface area contributed by atoms with Crippen molar-refractivity contribution in [1.82, 2.24) is 9.03 Å². The molecule has 0 bridgehead atoms. The molecule has 152 valence electrons. The quantitative estimate of drug-likeness (QED) is 0.354. The highest BCUT2D eigenvalue weighted by molar-refractivity contribution is 8.00. The Morgan fingerprint density at radius 2 is 1.85 bits per heavy atom. The lowest BCUT2D eigenvalue weighted by Gasteiger charge is -2.13. The Kier molecular flexibility index (Phi) is 7.25. The zero-order valence-electron chi connectivity index (χ0n) is 15.1. The van der Waals surface area contributed by atoms with Gasteiger partial charge in [0.05, 0.1) is 9.82 Å². The van der Waals surface area contributed by atoms with Crippen LogP contribution in [0.25, 0.3) is 0 Å². The summed E-state index contributed by atoms with van der Waals surface area (Å²) < 4.78 is 52.5. The molecule has 0 unspecified atom stereocenters. The number of hydrogen-bond acceptors (Lipinski definition) is 7. The Hall–Kier alpha value is -1.21. The van der Waals surface area contributed by atoms with Gasteiger partial charge in [-0.1, -0.05) is 12.8 Å². The topological polar surface area (TPSA) is 127 Å². The van der Waals surface area contributed by atoms with E-state index in [0.29, 0.717) is 11.0 Å². The van der Waals surface area contributed by atoms with E-state index in [1.165, 1.54) is 26.9 Å². The molecule has 2 rings (SSSR count). The molecule has 1 saturated carbocycles. The predicted molar refractivity (Wildman–Crippen MR) is 104 cm³/mol. The zero-order chi connectivity index (χ0) is 20.2. The van der Waals surface area contributed by atoms with E-state index in [1.54, 1.807) is 11.8 Å². The Morgan fingerprint density at radius 3 is 2.41 bits per heavy atom. The molecule has 0 amide bonds. The zero-order valence-corrected chi connectivity index (χ0v) is 17.6. The molecule has 0 aromatic heterocycles. The molecule has 1 aliphatic carbocycles. The van der Waals surface area contributed by atoms with Crippen molar-refractivity contribution >= 4 is 37.5 Å². The third-order valence-electron chi connectivity index (χ3n) is 4.25. The number of nitro groups is 1. The van der Waals surface area contributed by atoms with Gasteiger partial charge in [-0.15, -0.1) is 0 Å². The van der Waals surface area contributed by atoms with Crippen molar-refractivity contribution in [1.29, 1.82) is 0 Å². The van der Waals surface area contributed by atoms with Crippen LogP contribution in [0.5, 0.6) is 0 Å². The van der Waals surface area contributed by atoms with Crippen LogP contribution in [0.1, 0.15) is 25.7 Å². The molecular formula is C15H23N3O6S3. The largest absolute Gasteiger partial charge is 0.290 e. The fourth-order valence-corrected chi connectivity index (χ4v) is 6.23. The molecule has 1 aromatic rings. The summed E-state index contributed by atoms with van der Waals surface area (Å²) in [4.78, 5) is 9.55. The van der Waals surface area contributed by atoms with Crippen LogP contribution in [-0.4, -0.2) is 57.7 Å². The van der Waals surface area contributed by atoms with E-state index in [-0.39, 0.29) is 11.4 Å². The van der Waals surface area contributed by atoms with E-state index in [9.17, 15) is 26.9 Å². The van der Waals surface area contributed by atoms with Gasteiger partial charge in [-0.2, -0.15) is 11.8 Å². The van der Waals surface area contributed by atoms with Crippen molar-refractivity contribution in [2.45, 2.75) is 40.7 Å². The number of hydrogen-bond donors (Lipinski definition) is 1. The predicted octanol–water partition coefficient (Wildman–Crippen LogP) is 1.80. The van der Waals surface area contributed by atoms with Crippen LogP contribution < -0.4 is 4.72 Å². The van der Waals surface area contributed by atoms with Crippen molar-refractivity contribution in [2.24, 2.45) is 0 Å². The lowest BCUT2D eigenvalue weighted by atomic mass is 10.3. The fraction of sp³-hybridized carbons (Fsp3) is 0.600. The van der Waals surface area contributed by atoms with Gasteiger partial charge in [-0.05, 0) is 25.0 Å². The first-order valence-corrected chi connectivity index (χ1v) is 12.3. The van der Waals surface area contributed by atoms with E-state index < -0.39 is 35.6 Å². The molecule has 12 heteroatoms. The molecule has 1 aliphatic rings. The molecule has 0 radical (unpaired) electrons. The lowest BCUT2D eigenvalue weighted by molar-refractivity contribution is -0.388. The highest BCUT2D eigenvalue weighted by Gasteiger charge is 2.29. The van der Waals surface area contributed by atoms with E-state index in [4.69, 9.17) is 0 Å². The van der Waals surface area contributed by atoms with Crippen molar-refractivity contribution in [3.8, 4) is 0 Å². The molecule has 27 heavy (non-hydrogen) atoms. The van der Waals surface area contributed by atoms with Gasteiger partial charge in [0.1, 0.15) is 0 Å². The van der Waals surface area contributed by atoms with Crippen molar-refractivity contribution in [2.75, 3.05) is 26.4 Å². The molecule has 1 aromatic carbocycles. The van der Waals surface area contributed by atoms with Gasteiger partial charge >= 0.3 is 0 Å². The van der Waals surface area contributed by atoms with Crippen molar-refractivity contribution < 1.29 is 21.8 Å². The minimum Gasteiger partial charge on any atom is -0.258 e. The van der Waals surface area contributed by atoms with Crippen LogP contribution in [0.3, 0.4) is 0 Å². The summed E-state index contributed by atoms with van der Waals surface area (Å²) >= 11 is 1.69. The molecule has 0 saturated heterocycles. The third kappa shape index (κ3) is 5.41. The second kappa shape index (κ2) is 8.86. The highest BCUT2D eigenvalue weighted by atomic mass is 32.2. The smallest absolute Gasteiger partial charge is 0.258 e. The van der Waals surface area contributed by atoms with Crippen LogP contribution in [-0.2, 0) is 20.0 Å². The number of nitro benzene ring substituents is 1. The summed E-state index contributed by atoms with van der Waals surface area (Å²) in [6, 6.07) is 2.79.